The van der Waals surface area contributed by atoms with Crippen LogP contribution in [0.15, 0.2) is 86.6 Å². The van der Waals surface area contributed by atoms with Crippen molar-refractivity contribution in [3.8, 4) is 0 Å². The minimum absolute atomic E-state index is 0.0377. The number of rotatable bonds is 7. The van der Waals surface area contributed by atoms with Gasteiger partial charge in [0.15, 0.2) is 0 Å². The average Bonchev–Trinajstić information content (AvgIpc) is 2.69. The maximum Gasteiger partial charge on any atom is 0.243 e. The van der Waals surface area contributed by atoms with E-state index < -0.39 is 15.9 Å². The number of carbonyl (C=O) groups is 1. The van der Waals surface area contributed by atoms with Crippen LogP contribution in [0.2, 0.25) is 5.02 Å². The van der Waals surface area contributed by atoms with Gasteiger partial charge in [0.05, 0.1) is 11.4 Å². The van der Waals surface area contributed by atoms with E-state index in [1.165, 1.54) is 12.1 Å². The highest BCUT2D eigenvalue weighted by molar-refractivity contribution is 9.10. The molecule has 9 heteroatoms. The smallest absolute Gasteiger partial charge is 0.243 e. The summed E-state index contributed by atoms with van der Waals surface area (Å²) in [6.45, 7) is -0.403. The van der Waals surface area contributed by atoms with Crippen molar-refractivity contribution < 1.29 is 13.2 Å². The van der Waals surface area contributed by atoms with Gasteiger partial charge >= 0.3 is 0 Å². The fourth-order valence-corrected chi connectivity index (χ4v) is 4.96. The summed E-state index contributed by atoms with van der Waals surface area (Å²) in [4.78, 5) is 12.8. The topological polar surface area (TPSA) is 66.5 Å². The first kappa shape index (κ1) is 23.0. The minimum atomic E-state index is -3.94. The molecular weight excluding hydrogens is 556 g/mol. The van der Waals surface area contributed by atoms with Gasteiger partial charge in [-0.05, 0) is 54.1 Å². The monoisotopic (exact) mass is 570 g/mol. The molecule has 0 saturated carbocycles. The predicted octanol–water partition coefficient (Wildman–Crippen LogP) is 5.69. The number of sulfonamides is 1. The largest absolute Gasteiger partial charge is 0.325 e. The fourth-order valence-electron chi connectivity index (χ4n) is 2.73. The highest BCUT2D eigenvalue weighted by atomic mass is 79.9. The van der Waals surface area contributed by atoms with Crippen molar-refractivity contribution in [1.82, 2.24) is 4.31 Å². The second kappa shape index (κ2) is 10.1. The van der Waals surface area contributed by atoms with Crippen LogP contribution >= 0.6 is 43.5 Å². The lowest BCUT2D eigenvalue weighted by molar-refractivity contribution is -0.116. The molecule has 5 nitrogen and oxygen atoms in total. The normalized spacial score (nSPS) is 11.5. The average molecular weight is 573 g/mol. The van der Waals surface area contributed by atoms with E-state index >= 15 is 0 Å². The van der Waals surface area contributed by atoms with E-state index in [0.717, 1.165) is 13.3 Å². The third kappa shape index (κ3) is 5.92. The van der Waals surface area contributed by atoms with Crippen LogP contribution in [0.3, 0.4) is 0 Å². The molecular formula is C21H17Br2ClN2O3S. The summed E-state index contributed by atoms with van der Waals surface area (Å²) in [7, 11) is -3.94. The molecule has 0 aliphatic carbocycles. The summed E-state index contributed by atoms with van der Waals surface area (Å²) in [5.74, 6) is -0.458. The highest BCUT2D eigenvalue weighted by Crippen LogP contribution is 2.24. The van der Waals surface area contributed by atoms with Crippen LogP contribution in [-0.2, 0) is 21.4 Å². The standard InChI is InChI=1S/C21H17Br2ClN2O3S/c22-16-8-10-19(11-9-16)30(28,29)26(13-15-4-1-2-7-20(15)24)14-21(27)25-18-6-3-5-17(23)12-18/h1-12H,13-14H2,(H,25,27). The van der Waals surface area contributed by atoms with Gasteiger partial charge in [0.25, 0.3) is 0 Å². The number of hydrogen-bond acceptors (Lipinski definition) is 3. The molecule has 0 aromatic heterocycles. The first-order valence-corrected chi connectivity index (χ1v) is 12.2. The van der Waals surface area contributed by atoms with E-state index in [1.807, 2.05) is 6.07 Å². The van der Waals surface area contributed by atoms with Crippen LogP contribution in [0.1, 0.15) is 5.56 Å². The Labute approximate surface area is 197 Å². The molecule has 1 amide bonds. The summed E-state index contributed by atoms with van der Waals surface area (Å²) >= 11 is 12.9. The number of nitrogens with one attached hydrogen (secondary N) is 1. The number of carbonyl (C=O) groups excluding carboxylic acids is 1. The Kier molecular flexibility index (Phi) is 7.70. The summed E-state index contributed by atoms with van der Waals surface area (Å²) in [5.41, 5.74) is 1.17. The van der Waals surface area contributed by atoms with Gasteiger partial charge in [-0.1, -0.05) is 67.7 Å². The maximum atomic E-state index is 13.3. The summed E-state index contributed by atoms with van der Waals surface area (Å²) in [5, 5.41) is 3.16. The molecule has 0 atom stereocenters. The van der Waals surface area contributed by atoms with E-state index in [9.17, 15) is 13.2 Å². The van der Waals surface area contributed by atoms with Crippen molar-refractivity contribution in [2.24, 2.45) is 0 Å². The molecule has 0 unspecified atom stereocenters. The van der Waals surface area contributed by atoms with E-state index in [1.54, 1.807) is 54.6 Å². The third-order valence-electron chi connectivity index (χ3n) is 4.18. The molecule has 0 aliphatic rings. The van der Waals surface area contributed by atoms with E-state index in [4.69, 9.17) is 11.6 Å². The van der Waals surface area contributed by atoms with Gasteiger partial charge < -0.3 is 5.32 Å². The lowest BCUT2D eigenvalue weighted by Crippen LogP contribution is -2.37. The molecule has 3 aromatic carbocycles. The molecule has 0 aliphatic heterocycles. The van der Waals surface area contributed by atoms with Gasteiger partial charge in [0.1, 0.15) is 0 Å². The number of benzene rings is 3. The quantitative estimate of drug-likeness (QED) is 0.395. The Morgan fingerprint density at radius 3 is 2.30 bits per heavy atom. The molecule has 3 rings (SSSR count). The maximum absolute atomic E-state index is 13.3. The molecule has 0 bridgehead atoms. The minimum Gasteiger partial charge on any atom is -0.325 e. The molecule has 0 spiro atoms. The van der Waals surface area contributed by atoms with Crippen molar-refractivity contribution in [2.45, 2.75) is 11.4 Å². The molecule has 0 radical (unpaired) electrons. The van der Waals surface area contributed by atoms with Crippen LogP contribution in [0.5, 0.6) is 0 Å². The molecule has 1 N–H and O–H groups in total. The summed E-state index contributed by atoms with van der Waals surface area (Å²) in [6, 6.07) is 20.3. The molecule has 30 heavy (non-hydrogen) atoms. The van der Waals surface area contributed by atoms with E-state index in [2.05, 4.69) is 37.2 Å². The SMILES string of the molecule is O=C(CN(Cc1ccccc1Cl)S(=O)(=O)c1ccc(Br)cc1)Nc1cccc(Br)c1. The Balaban J connectivity index is 1.89. The molecule has 0 fully saturated rings. The van der Waals surface area contributed by atoms with Gasteiger partial charge in [-0.25, -0.2) is 8.42 Å². The zero-order valence-electron chi connectivity index (χ0n) is 15.6. The zero-order chi connectivity index (χ0) is 21.7. The van der Waals surface area contributed by atoms with Crippen LogP contribution < -0.4 is 5.32 Å². The Morgan fingerprint density at radius 2 is 1.63 bits per heavy atom. The van der Waals surface area contributed by atoms with Gasteiger partial charge in [-0.3, -0.25) is 4.79 Å². The predicted molar refractivity (Wildman–Crippen MR) is 126 cm³/mol. The first-order valence-electron chi connectivity index (χ1n) is 8.80. The zero-order valence-corrected chi connectivity index (χ0v) is 20.3. The Morgan fingerprint density at radius 1 is 0.933 bits per heavy atom. The summed E-state index contributed by atoms with van der Waals surface area (Å²) < 4.78 is 29.2. The third-order valence-corrected chi connectivity index (χ3v) is 7.38. The van der Waals surface area contributed by atoms with Gasteiger partial charge in [0, 0.05) is 26.2 Å². The van der Waals surface area contributed by atoms with Crippen LogP contribution in [0.4, 0.5) is 5.69 Å². The van der Waals surface area contributed by atoms with Crippen LogP contribution in [-0.4, -0.2) is 25.2 Å². The second-order valence-electron chi connectivity index (χ2n) is 6.38. The number of halogens is 3. The number of amides is 1. The number of nitrogens with zero attached hydrogens (tertiary/aromatic N) is 1. The lowest BCUT2D eigenvalue weighted by Gasteiger charge is -2.22. The van der Waals surface area contributed by atoms with Crippen LogP contribution in [0, 0.1) is 0 Å². The van der Waals surface area contributed by atoms with Crippen molar-refractivity contribution in [1.29, 1.82) is 0 Å². The van der Waals surface area contributed by atoms with Gasteiger partial charge in [-0.2, -0.15) is 4.31 Å². The van der Waals surface area contributed by atoms with Crippen molar-refractivity contribution in [2.75, 3.05) is 11.9 Å². The highest BCUT2D eigenvalue weighted by Gasteiger charge is 2.27. The molecule has 0 heterocycles. The second-order valence-corrected chi connectivity index (χ2v) is 10.6. The summed E-state index contributed by atoms with van der Waals surface area (Å²) in [6.07, 6.45) is 0. The van der Waals surface area contributed by atoms with Gasteiger partial charge in [-0.15, -0.1) is 0 Å². The van der Waals surface area contributed by atoms with Crippen molar-refractivity contribution in [3.05, 3.63) is 92.3 Å². The Bertz CT molecular complexity index is 1150. The van der Waals surface area contributed by atoms with E-state index in [-0.39, 0.29) is 18.0 Å². The van der Waals surface area contributed by atoms with E-state index in [0.29, 0.717) is 16.3 Å². The first-order chi connectivity index (χ1) is 14.3. The fraction of sp³-hybridized carbons (Fsp3) is 0.0952. The number of hydrogen-bond donors (Lipinski definition) is 1. The lowest BCUT2D eigenvalue weighted by atomic mass is 10.2. The van der Waals surface area contributed by atoms with Crippen LogP contribution in [0.25, 0.3) is 0 Å². The van der Waals surface area contributed by atoms with Gasteiger partial charge in [0.2, 0.25) is 15.9 Å². The number of anilines is 1. The van der Waals surface area contributed by atoms with Crippen molar-refractivity contribution >= 4 is 65.1 Å². The Hall–Kier alpha value is -1.71. The molecule has 3 aromatic rings. The molecule has 156 valence electrons. The van der Waals surface area contributed by atoms with Crippen molar-refractivity contribution in [3.63, 3.8) is 0 Å². The molecule has 0 saturated heterocycles.